The van der Waals surface area contributed by atoms with Crippen LogP contribution >= 0.6 is 11.6 Å². The fraction of sp³-hybridized carbons (Fsp3) is 0.167. The van der Waals surface area contributed by atoms with Crippen LogP contribution in [0.1, 0.15) is 10.5 Å². The Morgan fingerprint density at radius 3 is 2.32 bits per heavy atom. The molecule has 6 rings (SSSR count). The summed E-state index contributed by atoms with van der Waals surface area (Å²) in [6, 6.07) is 25.0. The Hall–Kier alpha value is -4.96. The molecule has 5 aromatic rings. The van der Waals surface area contributed by atoms with Crippen molar-refractivity contribution in [1.29, 1.82) is 0 Å². The quantitative estimate of drug-likeness (QED) is 0.194. The largest absolute Gasteiger partial charge is 0.496 e. The Morgan fingerprint density at radius 2 is 1.63 bits per heavy atom. The number of anilines is 1. The number of piperazine rings is 1. The van der Waals surface area contributed by atoms with Gasteiger partial charge in [-0.1, -0.05) is 35.9 Å². The van der Waals surface area contributed by atoms with Crippen molar-refractivity contribution in [2.45, 2.75) is 0 Å². The molecule has 1 amide bonds. The van der Waals surface area contributed by atoms with Crippen molar-refractivity contribution in [3.63, 3.8) is 0 Å². The zero-order valence-electron chi connectivity index (χ0n) is 22.1. The molecule has 41 heavy (non-hydrogen) atoms. The number of para-hydroxylation sites is 1. The summed E-state index contributed by atoms with van der Waals surface area (Å²) >= 11 is 6.09. The first-order valence-electron chi connectivity index (χ1n) is 13.0. The van der Waals surface area contributed by atoms with E-state index in [1.165, 1.54) is 12.1 Å². The molecule has 1 aliphatic rings. The zero-order valence-corrected chi connectivity index (χ0v) is 22.9. The minimum Gasteiger partial charge on any atom is -0.496 e. The van der Waals surface area contributed by atoms with Gasteiger partial charge < -0.3 is 14.5 Å². The van der Waals surface area contributed by atoms with Crippen molar-refractivity contribution in [2.24, 2.45) is 0 Å². The summed E-state index contributed by atoms with van der Waals surface area (Å²) in [6.07, 6.45) is 0. The molecule has 0 aliphatic carbocycles. The van der Waals surface area contributed by atoms with E-state index in [1.807, 2.05) is 42.5 Å². The lowest BCUT2D eigenvalue weighted by Crippen LogP contribution is -2.49. The number of non-ortho nitro benzene ring substituents is 1. The van der Waals surface area contributed by atoms with E-state index < -0.39 is 4.92 Å². The molecular weight excluding hydrogens is 544 g/mol. The molecule has 1 fully saturated rings. The second kappa shape index (κ2) is 10.9. The number of halogens is 1. The normalized spacial score (nSPS) is 13.4. The summed E-state index contributed by atoms with van der Waals surface area (Å²) in [5, 5.41) is 16.4. The van der Waals surface area contributed by atoms with E-state index in [0.29, 0.717) is 59.7 Å². The summed E-state index contributed by atoms with van der Waals surface area (Å²) in [7, 11) is 1.60. The lowest BCUT2D eigenvalue weighted by atomic mass is 10.1. The topological polar surface area (TPSA) is 106 Å². The molecule has 0 N–H and O–H groups in total. The van der Waals surface area contributed by atoms with Gasteiger partial charge in [-0.25, -0.2) is 9.50 Å². The third-order valence-corrected chi connectivity index (χ3v) is 7.41. The van der Waals surface area contributed by atoms with E-state index in [2.05, 4.69) is 4.90 Å². The number of hydrogen-bond acceptors (Lipinski definition) is 7. The maximum Gasteiger partial charge on any atom is 0.272 e. The number of rotatable bonds is 6. The van der Waals surface area contributed by atoms with Gasteiger partial charge in [0.15, 0.2) is 5.65 Å². The number of carbonyl (C=O) groups is 1. The molecule has 0 unspecified atom stereocenters. The molecule has 1 aliphatic heterocycles. The van der Waals surface area contributed by atoms with Crippen LogP contribution in [0.3, 0.4) is 0 Å². The van der Waals surface area contributed by atoms with Crippen LogP contribution in [0.15, 0.2) is 84.9 Å². The highest BCUT2D eigenvalue weighted by Crippen LogP contribution is 2.31. The molecule has 11 heteroatoms. The summed E-state index contributed by atoms with van der Waals surface area (Å²) in [6.45, 7) is 2.14. The zero-order chi connectivity index (χ0) is 28.5. The lowest BCUT2D eigenvalue weighted by molar-refractivity contribution is -0.384. The van der Waals surface area contributed by atoms with Crippen LogP contribution in [0, 0.1) is 10.1 Å². The predicted molar refractivity (Wildman–Crippen MR) is 157 cm³/mol. The van der Waals surface area contributed by atoms with Gasteiger partial charge in [0.1, 0.15) is 11.4 Å². The van der Waals surface area contributed by atoms with Crippen LogP contribution in [-0.4, -0.2) is 63.6 Å². The fourth-order valence-electron chi connectivity index (χ4n) is 5.00. The molecule has 2 aromatic heterocycles. The van der Waals surface area contributed by atoms with Crippen LogP contribution in [0.4, 0.5) is 11.4 Å². The Kier molecular flexibility index (Phi) is 6.98. The van der Waals surface area contributed by atoms with Crippen LogP contribution in [-0.2, 0) is 0 Å². The van der Waals surface area contributed by atoms with Crippen molar-refractivity contribution in [1.82, 2.24) is 19.5 Å². The molecule has 3 aromatic carbocycles. The smallest absolute Gasteiger partial charge is 0.272 e. The molecule has 0 saturated carbocycles. The number of hydrogen-bond donors (Lipinski definition) is 0. The SMILES string of the molecule is COc1ccccc1-c1cc(C(=O)N2CCN(c3ccc([N+](=O)[O-])cc3)CC2)n2nc(-c3ccc(Cl)cc3)cc2n1. The number of aromatic nitrogens is 3. The molecule has 0 atom stereocenters. The fourth-order valence-corrected chi connectivity index (χ4v) is 5.12. The van der Waals surface area contributed by atoms with Crippen LogP contribution in [0.25, 0.3) is 28.2 Å². The standard InChI is InChI=1S/C30H25ClN6O4/c1-41-28-5-3-2-4-24(28)26-18-27(36-29(32-26)19-25(33-36)20-6-8-21(31)9-7-20)30(38)35-16-14-34(15-17-35)22-10-12-23(13-11-22)37(39)40/h2-13,18-19H,14-17H2,1H3. The van der Waals surface area contributed by atoms with Crippen molar-refractivity contribution in [3.8, 4) is 28.3 Å². The van der Waals surface area contributed by atoms with Crippen LogP contribution < -0.4 is 9.64 Å². The monoisotopic (exact) mass is 568 g/mol. The van der Waals surface area contributed by atoms with Crippen molar-refractivity contribution in [3.05, 3.63) is 106 Å². The van der Waals surface area contributed by atoms with Crippen LogP contribution in [0.5, 0.6) is 5.75 Å². The van der Waals surface area contributed by atoms with E-state index in [0.717, 1.165) is 16.8 Å². The second-order valence-electron chi connectivity index (χ2n) is 9.59. The molecule has 0 bridgehead atoms. The van der Waals surface area contributed by atoms with Crippen molar-refractivity contribution in [2.75, 3.05) is 38.2 Å². The highest BCUT2D eigenvalue weighted by atomic mass is 35.5. The number of benzene rings is 3. The average Bonchev–Trinajstić information content (AvgIpc) is 3.45. The van der Waals surface area contributed by atoms with Gasteiger partial charge in [-0.3, -0.25) is 14.9 Å². The number of fused-ring (bicyclic) bond motifs is 1. The van der Waals surface area contributed by atoms with Crippen molar-refractivity contribution < 1.29 is 14.5 Å². The number of ether oxygens (including phenoxy) is 1. The molecule has 10 nitrogen and oxygen atoms in total. The predicted octanol–water partition coefficient (Wildman–Crippen LogP) is 5.60. The molecule has 1 saturated heterocycles. The molecule has 3 heterocycles. The van der Waals surface area contributed by atoms with E-state index >= 15 is 0 Å². The minimum atomic E-state index is -0.414. The van der Waals surface area contributed by atoms with E-state index in [-0.39, 0.29) is 11.6 Å². The number of methoxy groups -OCH3 is 1. The highest BCUT2D eigenvalue weighted by Gasteiger charge is 2.26. The summed E-state index contributed by atoms with van der Waals surface area (Å²) in [5.41, 5.74) is 4.75. The van der Waals surface area contributed by atoms with Gasteiger partial charge in [-0.2, -0.15) is 5.10 Å². The lowest BCUT2D eigenvalue weighted by Gasteiger charge is -2.36. The van der Waals surface area contributed by atoms with Gasteiger partial charge in [-0.15, -0.1) is 0 Å². The van der Waals surface area contributed by atoms with Gasteiger partial charge in [0.05, 0.1) is 23.4 Å². The van der Waals surface area contributed by atoms with E-state index in [4.69, 9.17) is 26.4 Å². The summed E-state index contributed by atoms with van der Waals surface area (Å²) in [4.78, 5) is 33.3. The molecule has 0 spiro atoms. The van der Waals surface area contributed by atoms with Crippen molar-refractivity contribution >= 4 is 34.5 Å². The Labute approximate surface area is 240 Å². The minimum absolute atomic E-state index is 0.0484. The summed E-state index contributed by atoms with van der Waals surface area (Å²) < 4.78 is 7.17. The molecular formula is C30H25ClN6O4. The van der Waals surface area contributed by atoms with Gasteiger partial charge in [0, 0.05) is 66.2 Å². The third-order valence-electron chi connectivity index (χ3n) is 7.16. The van der Waals surface area contributed by atoms with E-state index in [9.17, 15) is 14.9 Å². The first-order valence-corrected chi connectivity index (χ1v) is 13.4. The maximum atomic E-state index is 14.0. The van der Waals surface area contributed by atoms with Gasteiger partial charge >= 0.3 is 0 Å². The van der Waals surface area contributed by atoms with Gasteiger partial charge in [-0.05, 0) is 42.5 Å². The second-order valence-corrected chi connectivity index (χ2v) is 10.0. The molecule has 0 radical (unpaired) electrons. The third kappa shape index (κ3) is 5.17. The molecule has 206 valence electrons. The number of amides is 1. The van der Waals surface area contributed by atoms with Gasteiger partial charge in [0.2, 0.25) is 0 Å². The number of nitro benzene ring substituents is 1. The Morgan fingerprint density at radius 1 is 0.927 bits per heavy atom. The first-order chi connectivity index (χ1) is 19.9. The van der Waals surface area contributed by atoms with Gasteiger partial charge in [0.25, 0.3) is 11.6 Å². The van der Waals surface area contributed by atoms with Crippen LogP contribution in [0.2, 0.25) is 5.02 Å². The Bertz CT molecular complexity index is 1750. The number of carbonyl (C=O) groups excluding carboxylic acids is 1. The average molecular weight is 569 g/mol. The number of nitrogens with zero attached hydrogens (tertiary/aromatic N) is 6. The van der Waals surface area contributed by atoms with E-state index in [1.54, 1.807) is 46.9 Å². The highest BCUT2D eigenvalue weighted by molar-refractivity contribution is 6.30. The number of nitro groups is 1. The Balaban J connectivity index is 1.34. The first kappa shape index (κ1) is 26.3. The maximum absolute atomic E-state index is 14.0. The summed E-state index contributed by atoms with van der Waals surface area (Å²) in [5.74, 6) is 0.486.